The van der Waals surface area contributed by atoms with Crippen LogP contribution < -0.4 is 0 Å². The van der Waals surface area contributed by atoms with Crippen LogP contribution in [0.15, 0.2) is 48.5 Å². The summed E-state index contributed by atoms with van der Waals surface area (Å²) < 4.78 is 0. The van der Waals surface area contributed by atoms with Gasteiger partial charge in [0, 0.05) is 0 Å². The quantitative estimate of drug-likeness (QED) is 0.619. The Bertz CT molecular complexity index is 544. The standard InChI is InChI=1S/C19H23Cl/c1-5-14-6-8-15(9-7-14)18(20)16-10-12-17(13-11-16)19(2,3)4/h6-13,18H,5H2,1-4H3. The summed E-state index contributed by atoms with van der Waals surface area (Å²) in [5, 5.41) is -0.0741. The lowest BCUT2D eigenvalue weighted by Gasteiger charge is -2.20. The summed E-state index contributed by atoms with van der Waals surface area (Å²) in [7, 11) is 0. The number of hydrogen-bond donors (Lipinski definition) is 0. The predicted octanol–water partition coefficient (Wildman–Crippen LogP) is 5.87. The third-order valence-electron chi connectivity index (χ3n) is 3.75. The highest BCUT2D eigenvalue weighted by atomic mass is 35.5. The summed E-state index contributed by atoms with van der Waals surface area (Å²) in [5.74, 6) is 0. The van der Waals surface area contributed by atoms with Crippen LogP contribution >= 0.6 is 11.6 Å². The first kappa shape index (κ1) is 15.1. The summed E-state index contributed by atoms with van der Waals surface area (Å²) in [4.78, 5) is 0. The lowest BCUT2D eigenvalue weighted by Crippen LogP contribution is -2.10. The first-order valence-electron chi connectivity index (χ1n) is 7.25. The van der Waals surface area contributed by atoms with Gasteiger partial charge < -0.3 is 0 Å². The van der Waals surface area contributed by atoms with Crippen molar-refractivity contribution in [3.8, 4) is 0 Å². The van der Waals surface area contributed by atoms with E-state index in [1.54, 1.807) is 0 Å². The maximum Gasteiger partial charge on any atom is 0.0835 e. The predicted molar refractivity (Wildman–Crippen MR) is 88.7 cm³/mol. The van der Waals surface area contributed by atoms with Gasteiger partial charge >= 0.3 is 0 Å². The van der Waals surface area contributed by atoms with E-state index in [4.69, 9.17) is 11.6 Å². The highest BCUT2D eigenvalue weighted by molar-refractivity contribution is 6.22. The lowest BCUT2D eigenvalue weighted by atomic mass is 9.86. The van der Waals surface area contributed by atoms with Crippen molar-refractivity contribution in [1.82, 2.24) is 0 Å². The zero-order valence-corrected chi connectivity index (χ0v) is 13.5. The molecule has 0 aliphatic heterocycles. The van der Waals surface area contributed by atoms with Crippen molar-refractivity contribution in [2.45, 2.75) is 44.9 Å². The number of benzene rings is 2. The molecule has 1 unspecified atom stereocenters. The number of halogens is 1. The summed E-state index contributed by atoms with van der Waals surface area (Å²) in [6.07, 6.45) is 1.06. The minimum absolute atomic E-state index is 0.0741. The normalized spacial score (nSPS) is 13.2. The van der Waals surface area contributed by atoms with Crippen molar-refractivity contribution >= 4 is 11.6 Å². The molecule has 0 spiro atoms. The fourth-order valence-electron chi connectivity index (χ4n) is 2.27. The SMILES string of the molecule is CCc1ccc(C(Cl)c2ccc(C(C)(C)C)cc2)cc1. The molecular formula is C19H23Cl. The Morgan fingerprint density at radius 3 is 1.70 bits per heavy atom. The number of alkyl halides is 1. The molecule has 1 heteroatoms. The summed E-state index contributed by atoms with van der Waals surface area (Å²) in [6, 6.07) is 17.2. The van der Waals surface area contributed by atoms with Crippen molar-refractivity contribution in [2.75, 3.05) is 0 Å². The van der Waals surface area contributed by atoms with Crippen LogP contribution in [-0.2, 0) is 11.8 Å². The van der Waals surface area contributed by atoms with Crippen molar-refractivity contribution in [3.05, 3.63) is 70.8 Å². The van der Waals surface area contributed by atoms with Crippen LogP contribution in [0.3, 0.4) is 0 Å². The van der Waals surface area contributed by atoms with Crippen molar-refractivity contribution in [2.24, 2.45) is 0 Å². The molecular weight excluding hydrogens is 264 g/mol. The fourth-order valence-corrected chi connectivity index (χ4v) is 2.56. The van der Waals surface area contributed by atoms with Crippen LogP contribution in [0, 0.1) is 0 Å². The van der Waals surface area contributed by atoms with Crippen LogP contribution in [-0.4, -0.2) is 0 Å². The van der Waals surface area contributed by atoms with E-state index in [9.17, 15) is 0 Å². The Hall–Kier alpha value is -1.27. The topological polar surface area (TPSA) is 0 Å². The molecule has 0 aromatic heterocycles. The Morgan fingerprint density at radius 1 is 0.850 bits per heavy atom. The average molecular weight is 287 g/mol. The van der Waals surface area contributed by atoms with Crippen molar-refractivity contribution in [1.29, 1.82) is 0 Å². The van der Waals surface area contributed by atoms with E-state index in [1.807, 2.05) is 0 Å². The van der Waals surface area contributed by atoms with Gasteiger partial charge in [0.25, 0.3) is 0 Å². The highest BCUT2D eigenvalue weighted by Gasteiger charge is 2.15. The highest BCUT2D eigenvalue weighted by Crippen LogP contribution is 2.31. The number of aryl methyl sites for hydroxylation is 1. The molecule has 0 N–H and O–H groups in total. The second-order valence-electron chi connectivity index (χ2n) is 6.33. The average Bonchev–Trinajstić information content (AvgIpc) is 2.46. The van der Waals surface area contributed by atoms with Gasteiger partial charge in [-0.05, 0) is 34.1 Å². The monoisotopic (exact) mass is 286 g/mol. The second-order valence-corrected chi connectivity index (χ2v) is 6.77. The molecule has 0 nitrogen and oxygen atoms in total. The van der Waals surface area contributed by atoms with Gasteiger partial charge in [0.1, 0.15) is 0 Å². The van der Waals surface area contributed by atoms with Crippen molar-refractivity contribution < 1.29 is 0 Å². The molecule has 2 aromatic carbocycles. The van der Waals surface area contributed by atoms with Crippen LogP contribution in [0.25, 0.3) is 0 Å². The van der Waals surface area contributed by atoms with Gasteiger partial charge in [0.15, 0.2) is 0 Å². The minimum atomic E-state index is -0.0741. The Kier molecular flexibility index (Phi) is 4.55. The van der Waals surface area contributed by atoms with Gasteiger partial charge in [-0.3, -0.25) is 0 Å². The van der Waals surface area contributed by atoms with Gasteiger partial charge in [-0.15, -0.1) is 11.6 Å². The molecule has 0 heterocycles. The maximum atomic E-state index is 6.59. The smallest absolute Gasteiger partial charge is 0.0835 e. The molecule has 106 valence electrons. The van der Waals surface area contributed by atoms with Gasteiger partial charge in [-0.1, -0.05) is 76.2 Å². The van der Waals surface area contributed by atoms with Crippen molar-refractivity contribution in [3.63, 3.8) is 0 Å². The molecule has 0 amide bonds. The molecule has 0 saturated heterocycles. The van der Waals surface area contributed by atoms with Gasteiger partial charge in [-0.25, -0.2) is 0 Å². The van der Waals surface area contributed by atoms with Crippen LogP contribution in [0.5, 0.6) is 0 Å². The summed E-state index contributed by atoms with van der Waals surface area (Å²) in [6.45, 7) is 8.84. The molecule has 0 bridgehead atoms. The molecule has 0 radical (unpaired) electrons. The molecule has 20 heavy (non-hydrogen) atoms. The number of hydrogen-bond acceptors (Lipinski definition) is 0. The third-order valence-corrected chi connectivity index (χ3v) is 4.25. The van der Waals surface area contributed by atoms with E-state index in [0.717, 1.165) is 17.5 Å². The fraction of sp³-hybridized carbons (Fsp3) is 0.368. The molecule has 0 saturated carbocycles. The summed E-state index contributed by atoms with van der Waals surface area (Å²) in [5.41, 5.74) is 5.19. The lowest BCUT2D eigenvalue weighted by molar-refractivity contribution is 0.590. The third kappa shape index (κ3) is 3.43. The maximum absolute atomic E-state index is 6.59. The van der Waals surface area contributed by atoms with Crippen LogP contribution in [0.1, 0.15) is 55.3 Å². The zero-order valence-electron chi connectivity index (χ0n) is 12.8. The Labute approximate surface area is 127 Å². The second kappa shape index (κ2) is 6.01. The van der Waals surface area contributed by atoms with E-state index in [0.29, 0.717) is 0 Å². The number of rotatable bonds is 3. The van der Waals surface area contributed by atoms with Crippen LogP contribution in [0.4, 0.5) is 0 Å². The minimum Gasteiger partial charge on any atom is -0.113 e. The van der Waals surface area contributed by atoms with E-state index in [1.165, 1.54) is 11.1 Å². The molecule has 0 fully saturated rings. The van der Waals surface area contributed by atoms with E-state index >= 15 is 0 Å². The van der Waals surface area contributed by atoms with E-state index in [2.05, 4.69) is 76.2 Å². The largest absolute Gasteiger partial charge is 0.113 e. The first-order valence-corrected chi connectivity index (χ1v) is 7.69. The first-order chi connectivity index (χ1) is 9.41. The van der Waals surface area contributed by atoms with Gasteiger partial charge in [0.2, 0.25) is 0 Å². The molecule has 0 aliphatic rings. The zero-order chi connectivity index (χ0) is 14.8. The van der Waals surface area contributed by atoms with E-state index in [-0.39, 0.29) is 10.8 Å². The molecule has 1 atom stereocenters. The van der Waals surface area contributed by atoms with E-state index < -0.39 is 0 Å². The Morgan fingerprint density at radius 2 is 1.30 bits per heavy atom. The molecule has 2 rings (SSSR count). The van der Waals surface area contributed by atoms with Gasteiger partial charge in [0.05, 0.1) is 5.38 Å². The van der Waals surface area contributed by atoms with Gasteiger partial charge in [-0.2, -0.15) is 0 Å². The summed E-state index contributed by atoms with van der Waals surface area (Å²) >= 11 is 6.59. The molecule has 0 aliphatic carbocycles. The van der Waals surface area contributed by atoms with Crippen LogP contribution in [0.2, 0.25) is 0 Å². The Balaban J connectivity index is 2.22. The molecule has 2 aromatic rings.